The first-order valence-electron chi connectivity index (χ1n) is 17.7. The first-order chi connectivity index (χ1) is 23.0. The van der Waals surface area contributed by atoms with Crippen LogP contribution in [-0.4, -0.2) is 102 Å². The number of hydrogen-bond acceptors (Lipinski definition) is 9. The van der Waals surface area contributed by atoms with E-state index in [9.17, 15) is 19.8 Å². The van der Waals surface area contributed by atoms with Crippen molar-refractivity contribution in [3.8, 4) is 0 Å². The number of Topliss-reactive ketones (excluding diaryl/α,β-unsaturated/α-hetero) is 1. The van der Waals surface area contributed by atoms with Crippen molar-refractivity contribution in [2.75, 3.05) is 34.4 Å². The molecule has 9 nitrogen and oxygen atoms in total. The predicted molar refractivity (Wildman–Crippen MR) is 177 cm³/mol. The Bertz CT molecular complexity index is 1610. The molecular formula is C39H49NO8. The van der Waals surface area contributed by atoms with E-state index in [2.05, 4.69) is 11.8 Å². The van der Waals surface area contributed by atoms with Crippen molar-refractivity contribution >= 4 is 11.8 Å². The number of esters is 1. The summed E-state index contributed by atoms with van der Waals surface area (Å²) in [5, 5.41) is 25.9. The molecule has 7 bridgehead atoms. The Labute approximate surface area is 282 Å². The topological polar surface area (TPSA) is 115 Å². The lowest BCUT2D eigenvalue weighted by Crippen LogP contribution is -2.83. The lowest BCUT2D eigenvalue weighted by Gasteiger charge is -2.70. The van der Waals surface area contributed by atoms with Crippen LogP contribution >= 0.6 is 0 Å². The fourth-order valence-corrected chi connectivity index (χ4v) is 12.5. The van der Waals surface area contributed by atoms with Crippen molar-refractivity contribution in [1.29, 1.82) is 0 Å². The molecule has 48 heavy (non-hydrogen) atoms. The molecule has 1 heterocycles. The minimum absolute atomic E-state index is 0.0499. The van der Waals surface area contributed by atoms with Gasteiger partial charge in [0.1, 0.15) is 16.8 Å². The maximum Gasteiger partial charge on any atom is 0.339 e. The largest absolute Gasteiger partial charge is 0.454 e. The van der Waals surface area contributed by atoms with Gasteiger partial charge in [0.25, 0.3) is 0 Å². The number of rotatable bonds is 9. The molecule has 5 saturated carbocycles. The Morgan fingerprint density at radius 1 is 0.958 bits per heavy atom. The Morgan fingerprint density at radius 2 is 1.71 bits per heavy atom. The van der Waals surface area contributed by atoms with Gasteiger partial charge in [-0.3, -0.25) is 9.69 Å². The highest BCUT2D eigenvalue weighted by Gasteiger charge is 2.89. The van der Waals surface area contributed by atoms with Gasteiger partial charge in [0, 0.05) is 81.4 Å². The van der Waals surface area contributed by atoms with Crippen LogP contribution in [0.1, 0.15) is 70.9 Å². The van der Waals surface area contributed by atoms with E-state index in [1.807, 2.05) is 49.4 Å². The van der Waals surface area contributed by atoms with Gasteiger partial charge in [0.15, 0.2) is 5.78 Å². The standard InChI is InChI=1S/C39H49NO8/c1-6-40-21-36(48-35(42)25-10-8-7-9-24(25)17-28(41)23-13-11-22(2)12-14-23)16-15-32(46-4)38-30(36)19-27(33(38)40)37(43)20-29(45-3)26-18-31(38)39(37,44)34(26)47-5/h7-14,26-27,29-34,43-44H,6,15-21H2,1-5H3/t26-,27?,29+,30?,31?,32+,33-,34+,36-,37+,38?,39+/m1/s1. The predicted octanol–water partition coefficient (Wildman–Crippen LogP) is 4.00. The van der Waals surface area contributed by atoms with E-state index in [4.69, 9.17) is 18.9 Å². The fraction of sp³-hybridized carbons (Fsp3) is 0.641. The molecule has 2 N–H and O–H groups in total. The zero-order valence-electron chi connectivity index (χ0n) is 28.7. The van der Waals surface area contributed by atoms with E-state index in [0.29, 0.717) is 61.9 Å². The summed E-state index contributed by atoms with van der Waals surface area (Å²) in [6.45, 7) is 5.37. The number of piperidine rings is 1. The number of aliphatic hydroxyl groups is 2. The van der Waals surface area contributed by atoms with E-state index >= 15 is 0 Å². The maximum absolute atomic E-state index is 14.4. The minimum Gasteiger partial charge on any atom is -0.454 e. The SMILES string of the molecule is CCN1C[C@]2(OC(=O)c3ccccc3CC(=O)c3ccc(C)cc3)CC[C@H](OC)C34C2CC([C@@H]13)[C@@]1(O)C[C@H](OC)[C@H]2CC4[C@]1(O)[C@H]2OC. The van der Waals surface area contributed by atoms with Gasteiger partial charge in [-0.15, -0.1) is 0 Å². The lowest BCUT2D eigenvalue weighted by atomic mass is 9.44. The molecule has 6 aliphatic rings. The van der Waals surface area contributed by atoms with Crippen molar-refractivity contribution in [2.45, 2.75) is 93.5 Å². The highest BCUT2D eigenvalue weighted by atomic mass is 16.6. The number of carbonyl (C=O) groups is 2. The zero-order chi connectivity index (χ0) is 33.8. The number of hydrogen-bond donors (Lipinski definition) is 2. The average Bonchev–Trinajstić information content (AvgIpc) is 3.51. The van der Waals surface area contributed by atoms with Gasteiger partial charge in [-0.05, 0) is 50.8 Å². The van der Waals surface area contributed by atoms with Crippen LogP contribution < -0.4 is 0 Å². The number of ketones is 1. The molecule has 258 valence electrons. The van der Waals surface area contributed by atoms with Crippen molar-refractivity contribution in [3.63, 3.8) is 0 Å². The third kappa shape index (κ3) is 3.94. The number of carbonyl (C=O) groups excluding carboxylic acids is 2. The van der Waals surface area contributed by atoms with Gasteiger partial charge in [0.05, 0.1) is 23.9 Å². The fourth-order valence-electron chi connectivity index (χ4n) is 12.5. The number of benzene rings is 2. The van der Waals surface area contributed by atoms with Crippen LogP contribution in [0.15, 0.2) is 48.5 Å². The first-order valence-corrected chi connectivity index (χ1v) is 17.7. The third-order valence-corrected chi connectivity index (χ3v) is 14.1. The number of fused-ring (bicyclic) bond motifs is 2. The molecule has 5 aliphatic carbocycles. The molecule has 1 aliphatic heterocycles. The van der Waals surface area contributed by atoms with Gasteiger partial charge < -0.3 is 29.2 Å². The second-order valence-corrected chi connectivity index (χ2v) is 15.6. The molecule has 0 aromatic heterocycles. The van der Waals surface area contributed by atoms with E-state index in [-0.39, 0.29) is 54.1 Å². The normalized spacial score (nSPS) is 43.6. The average molecular weight is 660 g/mol. The van der Waals surface area contributed by atoms with Gasteiger partial charge >= 0.3 is 5.97 Å². The van der Waals surface area contributed by atoms with E-state index in [1.54, 1.807) is 27.4 Å². The quantitative estimate of drug-likeness (QED) is 0.305. The Balaban J connectivity index is 1.20. The molecular weight excluding hydrogens is 610 g/mol. The van der Waals surface area contributed by atoms with E-state index < -0.39 is 34.3 Å². The number of nitrogens with zero attached hydrogens (tertiary/aromatic N) is 1. The summed E-state index contributed by atoms with van der Waals surface area (Å²) in [6, 6.07) is 14.7. The van der Waals surface area contributed by atoms with Gasteiger partial charge in [-0.2, -0.15) is 0 Å². The molecule has 6 fully saturated rings. The molecule has 1 spiro atoms. The van der Waals surface area contributed by atoms with Crippen LogP contribution in [0.3, 0.4) is 0 Å². The van der Waals surface area contributed by atoms with Gasteiger partial charge in [-0.25, -0.2) is 4.79 Å². The number of likely N-dealkylation sites (N-methyl/N-ethyl adjacent to an activating group) is 1. The monoisotopic (exact) mass is 659 g/mol. The van der Waals surface area contributed by atoms with Crippen molar-refractivity contribution in [3.05, 3.63) is 70.8 Å². The van der Waals surface area contributed by atoms with Crippen LogP contribution in [0, 0.1) is 36.0 Å². The molecule has 8 rings (SSSR count). The molecule has 2 aromatic rings. The van der Waals surface area contributed by atoms with E-state index in [0.717, 1.165) is 5.56 Å². The Kier molecular flexibility index (Phi) is 7.57. The van der Waals surface area contributed by atoms with Crippen LogP contribution in [0.5, 0.6) is 0 Å². The van der Waals surface area contributed by atoms with Crippen molar-refractivity contribution in [2.24, 2.45) is 29.1 Å². The van der Waals surface area contributed by atoms with E-state index in [1.165, 1.54) is 0 Å². The molecule has 12 atom stereocenters. The van der Waals surface area contributed by atoms with Gasteiger partial charge in [0.2, 0.25) is 0 Å². The number of aryl methyl sites for hydroxylation is 1. The summed E-state index contributed by atoms with van der Waals surface area (Å²) in [5.41, 5.74) is -1.61. The number of likely N-dealkylation sites (tertiary alicyclic amines) is 1. The van der Waals surface area contributed by atoms with Crippen molar-refractivity contribution < 1.29 is 38.7 Å². The lowest BCUT2D eigenvalue weighted by molar-refractivity contribution is -0.337. The molecule has 2 aromatic carbocycles. The summed E-state index contributed by atoms with van der Waals surface area (Å²) in [6.07, 6.45) is 1.98. The smallest absolute Gasteiger partial charge is 0.339 e. The van der Waals surface area contributed by atoms with Gasteiger partial charge in [-0.1, -0.05) is 55.0 Å². The molecule has 0 amide bonds. The summed E-state index contributed by atoms with van der Waals surface area (Å²) < 4.78 is 25.4. The molecule has 4 unspecified atom stereocenters. The number of methoxy groups -OCH3 is 3. The number of ether oxygens (including phenoxy) is 4. The van der Waals surface area contributed by atoms with Crippen molar-refractivity contribution in [1.82, 2.24) is 4.90 Å². The second kappa shape index (κ2) is 11.2. The molecule has 0 radical (unpaired) electrons. The van der Waals surface area contributed by atoms with Crippen LogP contribution in [0.25, 0.3) is 0 Å². The van der Waals surface area contributed by atoms with Crippen LogP contribution in [0.4, 0.5) is 0 Å². The summed E-state index contributed by atoms with van der Waals surface area (Å²) >= 11 is 0. The molecule has 1 saturated heterocycles. The summed E-state index contributed by atoms with van der Waals surface area (Å²) in [5.74, 6) is -1.31. The molecule has 9 heteroatoms. The summed E-state index contributed by atoms with van der Waals surface area (Å²) in [7, 11) is 5.08. The van der Waals surface area contributed by atoms with Crippen LogP contribution in [0.2, 0.25) is 0 Å². The minimum atomic E-state index is -1.49. The Morgan fingerprint density at radius 3 is 2.40 bits per heavy atom. The maximum atomic E-state index is 14.4. The second-order valence-electron chi connectivity index (χ2n) is 15.6. The zero-order valence-corrected chi connectivity index (χ0v) is 28.7. The highest BCUT2D eigenvalue weighted by Crippen LogP contribution is 2.79. The third-order valence-electron chi connectivity index (χ3n) is 14.1. The van der Waals surface area contributed by atoms with Crippen LogP contribution in [-0.2, 0) is 25.4 Å². The Hall–Kier alpha value is -2.66. The highest BCUT2D eigenvalue weighted by molar-refractivity contribution is 6.00. The summed E-state index contributed by atoms with van der Waals surface area (Å²) in [4.78, 5) is 30.2. The first kappa shape index (κ1) is 32.5.